The van der Waals surface area contributed by atoms with Crippen LogP contribution in [0.1, 0.15) is 39.0 Å². The second-order valence-corrected chi connectivity index (χ2v) is 5.77. The molecule has 0 aromatic carbocycles. The molecular weight excluding hydrogens is 228 g/mol. The number of fused-ring (bicyclic) bond motifs is 1. The second kappa shape index (κ2) is 5.83. The summed E-state index contributed by atoms with van der Waals surface area (Å²) in [7, 11) is 2.09. The largest absolute Gasteiger partial charge is 0.356 e. The predicted molar refractivity (Wildman–Crippen MR) is 70.2 cm³/mol. The van der Waals surface area contributed by atoms with Gasteiger partial charge in [-0.05, 0) is 32.2 Å². The van der Waals surface area contributed by atoms with E-state index in [-0.39, 0.29) is 11.8 Å². The van der Waals surface area contributed by atoms with Crippen LogP contribution in [0.15, 0.2) is 0 Å². The van der Waals surface area contributed by atoms with Crippen molar-refractivity contribution in [3.05, 3.63) is 0 Å². The SMILES string of the molecule is CCCNC(=O)[C@@H]1C[C@@H]2CC(=O)CC[C@H]2N(C)C1. The molecule has 4 heteroatoms. The molecule has 1 heterocycles. The van der Waals surface area contributed by atoms with Gasteiger partial charge in [0.25, 0.3) is 0 Å². The van der Waals surface area contributed by atoms with Gasteiger partial charge >= 0.3 is 0 Å². The molecule has 0 aromatic heterocycles. The van der Waals surface area contributed by atoms with E-state index < -0.39 is 0 Å². The third-order valence-electron chi connectivity index (χ3n) is 4.33. The van der Waals surface area contributed by atoms with E-state index in [1.807, 2.05) is 0 Å². The first kappa shape index (κ1) is 13.5. The van der Waals surface area contributed by atoms with Crippen LogP contribution in [-0.2, 0) is 9.59 Å². The lowest BCUT2D eigenvalue weighted by atomic mass is 9.74. The summed E-state index contributed by atoms with van der Waals surface area (Å²) in [6.07, 6.45) is 4.23. The minimum atomic E-state index is 0.0636. The van der Waals surface area contributed by atoms with E-state index in [4.69, 9.17) is 0 Å². The molecule has 1 amide bonds. The van der Waals surface area contributed by atoms with Crippen LogP contribution in [-0.4, -0.2) is 42.8 Å². The molecule has 1 aliphatic heterocycles. The molecule has 0 radical (unpaired) electrons. The van der Waals surface area contributed by atoms with Crippen LogP contribution in [0.2, 0.25) is 0 Å². The maximum atomic E-state index is 12.0. The fraction of sp³-hybridized carbons (Fsp3) is 0.857. The normalized spacial score (nSPS) is 33.0. The van der Waals surface area contributed by atoms with E-state index in [2.05, 4.69) is 24.2 Å². The van der Waals surface area contributed by atoms with Crippen molar-refractivity contribution < 1.29 is 9.59 Å². The number of carbonyl (C=O) groups is 2. The van der Waals surface area contributed by atoms with Crippen LogP contribution >= 0.6 is 0 Å². The van der Waals surface area contributed by atoms with Crippen LogP contribution in [0, 0.1) is 11.8 Å². The highest BCUT2D eigenvalue weighted by atomic mass is 16.2. The van der Waals surface area contributed by atoms with Crippen LogP contribution in [0.3, 0.4) is 0 Å². The number of hydrogen-bond donors (Lipinski definition) is 1. The Kier molecular flexibility index (Phi) is 4.38. The highest BCUT2D eigenvalue weighted by Gasteiger charge is 2.40. The standard InChI is InChI=1S/C14H24N2O2/c1-3-6-15-14(18)11-7-10-8-12(17)4-5-13(10)16(2)9-11/h10-11,13H,3-9H2,1-2H3,(H,15,18)/t10-,11-,13-/m1/s1. The van der Waals surface area contributed by atoms with Gasteiger partial charge in [-0.1, -0.05) is 6.92 Å². The van der Waals surface area contributed by atoms with Crippen molar-refractivity contribution in [1.29, 1.82) is 0 Å². The summed E-state index contributed by atoms with van der Waals surface area (Å²) in [4.78, 5) is 25.9. The molecule has 1 N–H and O–H groups in total. The lowest BCUT2D eigenvalue weighted by Gasteiger charge is -2.44. The topological polar surface area (TPSA) is 49.4 Å². The highest BCUT2D eigenvalue weighted by Crippen LogP contribution is 2.35. The first-order valence-electron chi connectivity index (χ1n) is 7.11. The number of ketones is 1. The zero-order chi connectivity index (χ0) is 13.1. The van der Waals surface area contributed by atoms with Gasteiger partial charge in [-0.2, -0.15) is 0 Å². The quantitative estimate of drug-likeness (QED) is 0.821. The number of hydrogen-bond acceptors (Lipinski definition) is 3. The third-order valence-corrected chi connectivity index (χ3v) is 4.33. The lowest BCUT2D eigenvalue weighted by Crippen LogP contribution is -2.52. The number of carbonyl (C=O) groups excluding carboxylic acids is 2. The van der Waals surface area contributed by atoms with Crippen LogP contribution in [0.5, 0.6) is 0 Å². The maximum Gasteiger partial charge on any atom is 0.224 e. The Labute approximate surface area is 109 Å². The number of nitrogens with one attached hydrogen (secondary N) is 1. The molecule has 2 aliphatic rings. The van der Waals surface area contributed by atoms with E-state index in [9.17, 15) is 9.59 Å². The van der Waals surface area contributed by atoms with Crippen molar-refractivity contribution in [3.8, 4) is 0 Å². The maximum absolute atomic E-state index is 12.0. The van der Waals surface area contributed by atoms with Gasteiger partial charge in [0.1, 0.15) is 5.78 Å². The average Bonchev–Trinajstić information content (AvgIpc) is 2.35. The molecule has 2 rings (SSSR count). The Morgan fingerprint density at radius 1 is 1.50 bits per heavy atom. The number of likely N-dealkylation sites (tertiary alicyclic amines) is 1. The summed E-state index contributed by atoms with van der Waals surface area (Å²) < 4.78 is 0. The molecule has 4 nitrogen and oxygen atoms in total. The van der Waals surface area contributed by atoms with Crippen molar-refractivity contribution in [3.63, 3.8) is 0 Å². The number of nitrogens with zero attached hydrogens (tertiary/aromatic N) is 1. The summed E-state index contributed by atoms with van der Waals surface area (Å²) in [5.41, 5.74) is 0. The number of piperidine rings is 1. The van der Waals surface area contributed by atoms with E-state index in [0.717, 1.165) is 38.8 Å². The lowest BCUT2D eigenvalue weighted by molar-refractivity contribution is -0.132. The van der Waals surface area contributed by atoms with Gasteiger partial charge in [-0.15, -0.1) is 0 Å². The van der Waals surface area contributed by atoms with E-state index in [0.29, 0.717) is 24.2 Å². The molecule has 1 saturated heterocycles. The van der Waals surface area contributed by atoms with Crippen molar-refractivity contribution >= 4 is 11.7 Å². The Morgan fingerprint density at radius 2 is 2.28 bits per heavy atom. The summed E-state index contributed by atoms with van der Waals surface area (Å²) in [5.74, 6) is 0.996. The smallest absolute Gasteiger partial charge is 0.224 e. The first-order chi connectivity index (χ1) is 8.61. The van der Waals surface area contributed by atoms with Crippen LogP contribution < -0.4 is 5.32 Å². The average molecular weight is 252 g/mol. The molecule has 3 atom stereocenters. The Bertz CT molecular complexity index is 330. The molecule has 0 unspecified atom stereocenters. The van der Waals surface area contributed by atoms with Crippen molar-refractivity contribution in [2.45, 2.75) is 45.1 Å². The molecule has 1 saturated carbocycles. The number of rotatable bonds is 3. The van der Waals surface area contributed by atoms with Gasteiger partial charge in [-0.3, -0.25) is 9.59 Å². The molecule has 102 valence electrons. The van der Waals surface area contributed by atoms with Crippen molar-refractivity contribution in [2.75, 3.05) is 20.1 Å². The van der Waals surface area contributed by atoms with Gasteiger partial charge in [0.15, 0.2) is 0 Å². The number of amides is 1. The Hall–Kier alpha value is -0.900. The first-order valence-corrected chi connectivity index (χ1v) is 7.11. The molecule has 0 spiro atoms. The van der Waals surface area contributed by atoms with Gasteiger partial charge in [-0.25, -0.2) is 0 Å². The van der Waals surface area contributed by atoms with Crippen LogP contribution in [0.25, 0.3) is 0 Å². The van der Waals surface area contributed by atoms with Gasteiger partial charge < -0.3 is 10.2 Å². The Balaban J connectivity index is 1.96. The molecule has 0 aromatic rings. The van der Waals surface area contributed by atoms with Crippen LogP contribution in [0.4, 0.5) is 0 Å². The summed E-state index contributed by atoms with van der Waals surface area (Å²) in [6.45, 7) is 3.65. The summed E-state index contributed by atoms with van der Waals surface area (Å²) >= 11 is 0. The van der Waals surface area contributed by atoms with Crippen molar-refractivity contribution in [2.24, 2.45) is 11.8 Å². The molecule has 18 heavy (non-hydrogen) atoms. The van der Waals surface area contributed by atoms with Gasteiger partial charge in [0, 0.05) is 32.0 Å². The van der Waals surface area contributed by atoms with Gasteiger partial charge in [0.2, 0.25) is 5.91 Å². The summed E-state index contributed by atoms with van der Waals surface area (Å²) in [6, 6.07) is 0.512. The zero-order valence-corrected chi connectivity index (χ0v) is 11.4. The summed E-state index contributed by atoms with van der Waals surface area (Å²) in [5, 5.41) is 2.98. The Morgan fingerprint density at radius 3 is 3.00 bits per heavy atom. The molecule has 1 aliphatic carbocycles. The van der Waals surface area contributed by atoms with E-state index in [1.165, 1.54) is 0 Å². The molecule has 2 fully saturated rings. The fourth-order valence-corrected chi connectivity index (χ4v) is 3.40. The predicted octanol–water partition coefficient (Wildman–Crippen LogP) is 1.20. The van der Waals surface area contributed by atoms with E-state index >= 15 is 0 Å². The minimum absolute atomic E-state index is 0.0636. The monoisotopic (exact) mass is 252 g/mol. The molecule has 0 bridgehead atoms. The van der Waals surface area contributed by atoms with E-state index in [1.54, 1.807) is 0 Å². The third kappa shape index (κ3) is 2.91. The highest BCUT2D eigenvalue weighted by molar-refractivity contribution is 5.81. The van der Waals surface area contributed by atoms with Gasteiger partial charge in [0.05, 0.1) is 5.92 Å². The molecular formula is C14H24N2O2. The fourth-order valence-electron chi connectivity index (χ4n) is 3.40. The number of Topliss-reactive ketones (excluding diaryl/α,β-unsaturated/α-hetero) is 1. The minimum Gasteiger partial charge on any atom is -0.356 e. The second-order valence-electron chi connectivity index (χ2n) is 5.77. The zero-order valence-electron chi connectivity index (χ0n) is 11.4. The van der Waals surface area contributed by atoms with Crippen molar-refractivity contribution in [1.82, 2.24) is 10.2 Å².